The summed E-state index contributed by atoms with van der Waals surface area (Å²) >= 11 is 0. The van der Waals surface area contributed by atoms with Crippen molar-refractivity contribution in [3.05, 3.63) is 41.8 Å². The molecule has 1 aliphatic heterocycles. The maximum absolute atomic E-state index is 5.49. The van der Waals surface area contributed by atoms with Crippen LogP contribution in [-0.4, -0.2) is 6.21 Å². The molecule has 0 atom stereocenters. The highest BCUT2D eigenvalue weighted by Crippen LogP contribution is 2.20. The van der Waals surface area contributed by atoms with E-state index in [0.29, 0.717) is 0 Å². The summed E-state index contributed by atoms with van der Waals surface area (Å²) in [5.41, 5.74) is 1.02. The van der Waals surface area contributed by atoms with E-state index >= 15 is 0 Å². The van der Waals surface area contributed by atoms with Gasteiger partial charge in [-0.25, -0.2) is 0 Å². The van der Waals surface area contributed by atoms with Crippen molar-refractivity contribution in [1.29, 1.82) is 0 Å². The number of para-hydroxylation sites is 1. The lowest BCUT2D eigenvalue weighted by molar-refractivity contribution is 0.427. The van der Waals surface area contributed by atoms with Crippen LogP contribution in [0.15, 0.2) is 41.2 Å². The molecule has 0 aromatic heterocycles. The van der Waals surface area contributed by atoms with E-state index in [2.05, 4.69) is 18.8 Å². The summed E-state index contributed by atoms with van der Waals surface area (Å²) < 4.78 is 5.49. The van der Waals surface area contributed by atoms with Crippen LogP contribution < -0.4 is 4.74 Å². The maximum atomic E-state index is 5.49. The third-order valence-corrected chi connectivity index (χ3v) is 1.66. The molecule has 0 spiro atoms. The molecule has 0 saturated carbocycles. The van der Waals surface area contributed by atoms with Gasteiger partial charge < -0.3 is 4.74 Å². The van der Waals surface area contributed by atoms with Gasteiger partial charge in [-0.1, -0.05) is 32.4 Å². The summed E-state index contributed by atoms with van der Waals surface area (Å²) in [7, 11) is 0. The van der Waals surface area contributed by atoms with Gasteiger partial charge in [0.15, 0.2) is 0 Å². The van der Waals surface area contributed by atoms with Crippen LogP contribution in [0.5, 0.6) is 5.75 Å². The van der Waals surface area contributed by atoms with Gasteiger partial charge in [0, 0.05) is 11.8 Å². The van der Waals surface area contributed by atoms with Crippen LogP contribution in [0.1, 0.15) is 32.8 Å². The van der Waals surface area contributed by atoms with E-state index in [1.165, 1.54) is 6.42 Å². The zero-order valence-corrected chi connectivity index (χ0v) is 9.53. The van der Waals surface area contributed by atoms with Crippen LogP contribution in [0.2, 0.25) is 0 Å². The predicted molar refractivity (Wildman–Crippen MR) is 64.4 cm³/mol. The first-order valence-electron chi connectivity index (χ1n) is 5.24. The molecule has 1 aromatic rings. The van der Waals surface area contributed by atoms with E-state index in [1.54, 1.807) is 12.4 Å². The predicted octanol–water partition coefficient (Wildman–Crippen LogP) is 3.78. The number of hydrogen-bond donors (Lipinski definition) is 0. The highest BCUT2D eigenvalue weighted by atomic mass is 16.5. The molecule has 1 aliphatic rings. The Morgan fingerprint density at radius 3 is 2.60 bits per heavy atom. The largest absolute Gasteiger partial charge is 0.460 e. The van der Waals surface area contributed by atoms with E-state index < -0.39 is 0 Å². The molecule has 2 nitrogen and oxygen atoms in total. The van der Waals surface area contributed by atoms with Crippen molar-refractivity contribution in [2.75, 3.05) is 0 Å². The Morgan fingerprint density at radius 1 is 1.20 bits per heavy atom. The summed E-state index contributed by atoms with van der Waals surface area (Å²) in [6.45, 7) is 6.14. The van der Waals surface area contributed by atoms with E-state index in [9.17, 15) is 0 Å². The molecule has 1 heterocycles. The fourth-order valence-corrected chi connectivity index (χ4v) is 1.10. The van der Waals surface area contributed by atoms with Gasteiger partial charge in [0.2, 0.25) is 0 Å². The fourth-order valence-electron chi connectivity index (χ4n) is 1.10. The first-order chi connectivity index (χ1) is 7.27. The summed E-state index contributed by atoms with van der Waals surface area (Å²) in [5, 5.41) is 0. The summed E-state index contributed by atoms with van der Waals surface area (Å²) in [5.74, 6) is 1.68. The zero-order chi connectivity index (χ0) is 11.1. The van der Waals surface area contributed by atoms with Crippen LogP contribution in [0.25, 0.3) is 0 Å². The smallest absolute Gasteiger partial charge is 0.135 e. The Labute approximate surface area is 91.3 Å². The third-order valence-electron chi connectivity index (χ3n) is 1.66. The second-order valence-electron chi connectivity index (χ2n) is 3.36. The van der Waals surface area contributed by atoms with Crippen molar-refractivity contribution >= 4 is 6.21 Å². The number of ether oxygens (including phenoxy) is 1. The van der Waals surface area contributed by atoms with Crippen molar-refractivity contribution < 1.29 is 4.74 Å². The van der Waals surface area contributed by atoms with Gasteiger partial charge in [0.25, 0.3) is 0 Å². The molecule has 0 radical (unpaired) electrons. The van der Waals surface area contributed by atoms with Gasteiger partial charge in [0.05, 0.1) is 6.20 Å². The molecule has 1 aromatic carbocycles. The Hall–Kier alpha value is -1.57. The first kappa shape index (κ1) is 11.5. The Bertz CT molecular complexity index is 367. The molecule has 0 aliphatic carbocycles. The Kier molecular flexibility index (Phi) is 4.61. The van der Waals surface area contributed by atoms with E-state index in [1.807, 2.05) is 31.2 Å². The van der Waals surface area contributed by atoms with E-state index in [0.717, 1.165) is 17.1 Å². The molecule has 2 heteroatoms. The van der Waals surface area contributed by atoms with Gasteiger partial charge in [0.1, 0.15) is 11.5 Å². The normalized spacial score (nSPS) is 12.6. The van der Waals surface area contributed by atoms with Gasteiger partial charge >= 0.3 is 0 Å². The van der Waals surface area contributed by atoms with Gasteiger partial charge in [-0.05, 0) is 19.1 Å². The second kappa shape index (κ2) is 6.02. The lowest BCUT2D eigenvalue weighted by atomic mass is 10.2. The average molecular weight is 203 g/mol. The van der Waals surface area contributed by atoms with Crippen LogP contribution in [0.3, 0.4) is 0 Å². The number of aliphatic imine (C=N–C) groups is 1. The number of benzene rings is 1. The number of rotatable bonds is 0. The summed E-state index contributed by atoms with van der Waals surface area (Å²) in [6, 6.07) is 7.83. The highest BCUT2D eigenvalue weighted by molar-refractivity contribution is 5.84. The van der Waals surface area contributed by atoms with Crippen molar-refractivity contribution in [2.24, 2.45) is 4.99 Å². The molecule has 80 valence electrons. The minimum absolute atomic E-state index is 0.816. The third kappa shape index (κ3) is 3.58. The van der Waals surface area contributed by atoms with Gasteiger partial charge in [-0.2, -0.15) is 0 Å². The van der Waals surface area contributed by atoms with Crippen molar-refractivity contribution in [3.8, 4) is 5.75 Å². The summed E-state index contributed by atoms with van der Waals surface area (Å²) in [4.78, 5) is 4.08. The fraction of sp³-hybridized carbons (Fsp3) is 0.308. The minimum atomic E-state index is 0.816. The lowest BCUT2D eigenvalue weighted by Crippen LogP contribution is -1.91. The van der Waals surface area contributed by atoms with Crippen molar-refractivity contribution in [1.82, 2.24) is 0 Å². The molecule has 2 rings (SSSR count). The van der Waals surface area contributed by atoms with Crippen LogP contribution in [0.4, 0.5) is 0 Å². The second-order valence-corrected chi connectivity index (χ2v) is 3.36. The molecule has 0 unspecified atom stereocenters. The standard InChI is InChI=1S/C10H9NO.C3H8/c1-8-6-11-7-9-4-2-3-5-10(9)12-8;1-3-2/h2-7H,1H3;3H2,1-2H3. The summed E-state index contributed by atoms with van der Waals surface area (Å²) in [6.07, 6.45) is 4.76. The molecule has 0 N–H and O–H groups in total. The van der Waals surface area contributed by atoms with E-state index in [-0.39, 0.29) is 0 Å². The number of allylic oxidation sites excluding steroid dienone is 1. The monoisotopic (exact) mass is 203 g/mol. The molecular weight excluding hydrogens is 186 g/mol. The Balaban J connectivity index is 0.000000337. The van der Waals surface area contributed by atoms with Crippen molar-refractivity contribution in [2.45, 2.75) is 27.2 Å². The molecule has 0 amide bonds. The van der Waals surface area contributed by atoms with Crippen LogP contribution in [0, 0.1) is 0 Å². The molecule has 0 bridgehead atoms. The van der Waals surface area contributed by atoms with Crippen LogP contribution >= 0.6 is 0 Å². The molecular formula is C13H17NO. The topological polar surface area (TPSA) is 21.6 Å². The molecule has 0 saturated heterocycles. The zero-order valence-electron chi connectivity index (χ0n) is 9.53. The first-order valence-corrected chi connectivity index (χ1v) is 5.24. The van der Waals surface area contributed by atoms with Crippen LogP contribution in [-0.2, 0) is 0 Å². The number of fused-ring (bicyclic) bond motifs is 1. The molecule has 15 heavy (non-hydrogen) atoms. The van der Waals surface area contributed by atoms with E-state index in [4.69, 9.17) is 4.74 Å². The lowest BCUT2D eigenvalue weighted by Gasteiger charge is -2.04. The number of hydrogen-bond acceptors (Lipinski definition) is 2. The minimum Gasteiger partial charge on any atom is -0.460 e. The van der Waals surface area contributed by atoms with Gasteiger partial charge in [-0.3, -0.25) is 4.99 Å². The highest BCUT2D eigenvalue weighted by Gasteiger charge is 2.03. The van der Waals surface area contributed by atoms with Gasteiger partial charge in [-0.15, -0.1) is 0 Å². The Morgan fingerprint density at radius 2 is 1.87 bits per heavy atom. The quantitative estimate of drug-likeness (QED) is 0.629. The average Bonchev–Trinajstić information content (AvgIpc) is 2.39. The maximum Gasteiger partial charge on any atom is 0.135 e. The number of nitrogens with zero attached hydrogens (tertiary/aromatic N) is 1. The van der Waals surface area contributed by atoms with Crippen molar-refractivity contribution in [3.63, 3.8) is 0 Å². The molecule has 0 fully saturated rings. The SMILES string of the molecule is CC1=CN=Cc2ccccc2O1.CCC.